The van der Waals surface area contributed by atoms with Gasteiger partial charge >= 0.3 is 0 Å². The third-order valence-corrected chi connectivity index (χ3v) is 6.23. The van der Waals surface area contributed by atoms with Gasteiger partial charge in [0.2, 0.25) is 5.91 Å². The van der Waals surface area contributed by atoms with Crippen LogP contribution in [0.2, 0.25) is 0 Å². The summed E-state index contributed by atoms with van der Waals surface area (Å²) in [7, 11) is -3.12. The fourth-order valence-electron chi connectivity index (χ4n) is 3.27. The summed E-state index contributed by atoms with van der Waals surface area (Å²) in [5.74, 6) is -1.38. The molecule has 3 amide bonds. The van der Waals surface area contributed by atoms with Crippen LogP contribution in [0.4, 0.5) is 0 Å². The van der Waals surface area contributed by atoms with E-state index in [1.165, 1.54) is 4.90 Å². The van der Waals surface area contributed by atoms with Gasteiger partial charge in [-0.05, 0) is 25.5 Å². The standard InChI is InChI=1S/C16H18N2O5S/c1-2-17(11-7-8-24(22,23)10-11)14(19)9-18-15(20)12-5-3-4-6-13(12)16(18)21/h3-6,11H,2,7-10H2,1H3/t11-/m1/s1. The Hall–Kier alpha value is -2.22. The first-order chi connectivity index (χ1) is 11.3. The van der Waals surface area contributed by atoms with Crippen LogP contribution in [-0.2, 0) is 14.6 Å². The molecule has 1 aromatic rings. The highest BCUT2D eigenvalue weighted by atomic mass is 32.2. The summed E-state index contributed by atoms with van der Waals surface area (Å²) in [6, 6.07) is 6.05. The lowest BCUT2D eigenvalue weighted by atomic mass is 10.1. The highest BCUT2D eigenvalue weighted by Crippen LogP contribution is 2.23. The van der Waals surface area contributed by atoms with Crippen molar-refractivity contribution in [3.8, 4) is 0 Å². The van der Waals surface area contributed by atoms with E-state index in [9.17, 15) is 22.8 Å². The highest BCUT2D eigenvalue weighted by molar-refractivity contribution is 7.91. The van der Waals surface area contributed by atoms with Gasteiger partial charge in [0.15, 0.2) is 9.84 Å². The van der Waals surface area contributed by atoms with Crippen LogP contribution in [0.25, 0.3) is 0 Å². The molecule has 0 radical (unpaired) electrons. The van der Waals surface area contributed by atoms with Crippen LogP contribution in [0.15, 0.2) is 24.3 Å². The van der Waals surface area contributed by atoms with E-state index < -0.39 is 27.6 Å². The first-order valence-corrected chi connectivity index (χ1v) is 9.61. The molecule has 0 aliphatic carbocycles. The van der Waals surface area contributed by atoms with Crippen molar-refractivity contribution in [3.05, 3.63) is 35.4 Å². The Kier molecular flexibility index (Phi) is 4.16. The predicted octanol–water partition coefficient (Wildman–Crippen LogP) is 0.318. The second-order valence-electron chi connectivity index (χ2n) is 5.98. The van der Waals surface area contributed by atoms with Gasteiger partial charge in [-0.3, -0.25) is 19.3 Å². The van der Waals surface area contributed by atoms with E-state index in [0.29, 0.717) is 24.1 Å². The average molecular weight is 350 g/mol. The second-order valence-corrected chi connectivity index (χ2v) is 8.21. The van der Waals surface area contributed by atoms with E-state index in [2.05, 4.69) is 0 Å². The van der Waals surface area contributed by atoms with Gasteiger partial charge < -0.3 is 4.90 Å². The number of benzene rings is 1. The molecule has 1 aromatic carbocycles. The van der Waals surface area contributed by atoms with Gasteiger partial charge in [0.25, 0.3) is 11.8 Å². The molecule has 1 saturated heterocycles. The van der Waals surface area contributed by atoms with Crippen molar-refractivity contribution in [2.45, 2.75) is 19.4 Å². The van der Waals surface area contributed by atoms with Gasteiger partial charge in [-0.1, -0.05) is 12.1 Å². The highest BCUT2D eigenvalue weighted by Gasteiger charge is 2.39. The molecule has 2 aliphatic rings. The average Bonchev–Trinajstić information content (AvgIpc) is 3.01. The second kappa shape index (κ2) is 6.01. The van der Waals surface area contributed by atoms with Crippen molar-refractivity contribution in [1.29, 1.82) is 0 Å². The van der Waals surface area contributed by atoms with Gasteiger partial charge in [-0.25, -0.2) is 8.42 Å². The molecule has 0 spiro atoms. The van der Waals surface area contributed by atoms with E-state index in [0.717, 1.165) is 4.90 Å². The van der Waals surface area contributed by atoms with Gasteiger partial charge in [-0.2, -0.15) is 0 Å². The number of amides is 3. The monoisotopic (exact) mass is 350 g/mol. The smallest absolute Gasteiger partial charge is 0.262 e. The minimum absolute atomic E-state index is 0.0608. The quantitative estimate of drug-likeness (QED) is 0.729. The summed E-state index contributed by atoms with van der Waals surface area (Å²) in [4.78, 5) is 39.6. The molecule has 7 nitrogen and oxygen atoms in total. The topological polar surface area (TPSA) is 91.8 Å². The fourth-order valence-corrected chi connectivity index (χ4v) is 5.00. The van der Waals surface area contributed by atoms with Crippen LogP contribution in [-0.4, -0.2) is 66.6 Å². The van der Waals surface area contributed by atoms with Crippen molar-refractivity contribution < 1.29 is 22.8 Å². The summed E-state index contributed by atoms with van der Waals surface area (Å²) in [6.07, 6.45) is 0.393. The van der Waals surface area contributed by atoms with Gasteiger partial charge in [0.05, 0.1) is 22.6 Å². The Morgan fingerprint density at radius 1 is 1.21 bits per heavy atom. The Bertz CT molecular complexity index is 783. The summed E-state index contributed by atoms with van der Waals surface area (Å²) >= 11 is 0. The molecule has 0 aromatic heterocycles. The number of fused-ring (bicyclic) bond motifs is 1. The third-order valence-electron chi connectivity index (χ3n) is 4.48. The summed E-state index contributed by atoms with van der Waals surface area (Å²) in [6.45, 7) is 1.73. The number of rotatable bonds is 4. The minimum atomic E-state index is -3.12. The Morgan fingerprint density at radius 3 is 2.25 bits per heavy atom. The molecule has 2 heterocycles. The first-order valence-electron chi connectivity index (χ1n) is 7.79. The van der Waals surface area contributed by atoms with Crippen molar-refractivity contribution in [2.75, 3.05) is 24.6 Å². The van der Waals surface area contributed by atoms with Crippen molar-refractivity contribution in [3.63, 3.8) is 0 Å². The van der Waals surface area contributed by atoms with Crippen LogP contribution < -0.4 is 0 Å². The maximum Gasteiger partial charge on any atom is 0.262 e. The molecule has 0 bridgehead atoms. The molecular weight excluding hydrogens is 332 g/mol. The Morgan fingerprint density at radius 2 is 1.79 bits per heavy atom. The van der Waals surface area contributed by atoms with E-state index in [1.54, 1.807) is 31.2 Å². The molecule has 8 heteroatoms. The van der Waals surface area contributed by atoms with E-state index in [4.69, 9.17) is 0 Å². The lowest BCUT2D eigenvalue weighted by Gasteiger charge is -2.28. The van der Waals surface area contributed by atoms with Crippen LogP contribution >= 0.6 is 0 Å². The molecule has 128 valence electrons. The summed E-state index contributed by atoms with van der Waals surface area (Å²) in [5.41, 5.74) is 0.587. The lowest BCUT2D eigenvalue weighted by molar-refractivity contribution is -0.133. The molecule has 0 N–H and O–H groups in total. The molecule has 1 atom stereocenters. The normalized spacial score (nSPS) is 21.9. The van der Waals surface area contributed by atoms with Crippen LogP contribution in [0.1, 0.15) is 34.1 Å². The number of nitrogens with zero attached hydrogens (tertiary/aromatic N) is 2. The number of carbonyl (C=O) groups excluding carboxylic acids is 3. The number of imide groups is 1. The summed E-state index contributed by atoms with van der Waals surface area (Å²) in [5, 5.41) is 0. The molecule has 1 fully saturated rings. The maximum absolute atomic E-state index is 12.6. The Labute approximate surface area is 140 Å². The van der Waals surface area contributed by atoms with Gasteiger partial charge in [0.1, 0.15) is 6.54 Å². The molecule has 0 unspecified atom stereocenters. The number of sulfone groups is 1. The zero-order valence-corrected chi connectivity index (χ0v) is 14.1. The molecular formula is C16H18N2O5S. The number of carbonyl (C=O) groups is 3. The van der Waals surface area contributed by atoms with Gasteiger partial charge in [0, 0.05) is 12.6 Å². The first kappa shape index (κ1) is 16.6. The molecule has 0 saturated carbocycles. The number of hydrogen-bond donors (Lipinski definition) is 0. The lowest BCUT2D eigenvalue weighted by Crippen LogP contribution is -2.47. The van der Waals surface area contributed by atoms with Crippen LogP contribution in [0.3, 0.4) is 0 Å². The van der Waals surface area contributed by atoms with E-state index in [-0.39, 0.29) is 24.1 Å². The van der Waals surface area contributed by atoms with Crippen molar-refractivity contribution in [1.82, 2.24) is 9.80 Å². The van der Waals surface area contributed by atoms with Crippen molar-refractivity contribution >= 4 is 27.6 Å². The zero-order valence-electron chi connectivity index (χ0n) is 13.3. The predicted molar refractivity (Wildman–Crippen MR) is 86.3 cm³/mol. The van der Waals surface area contributed by atoms with Gasteiger partial charge in [-0.15, -0.1) is 0 Å². The number of hydrogen-bond acceptors (Lipinski definition) is 5. The number of likely N-dealkylation sites (N-methyl/N-ethyl adjacent to an activating group) is 1. The molecule has 24 heavy (non-hydrogen) atoms. The Balaban J connectivity index is 1.75. The van der Waals surface area contributed by atoms with Crippen molar-refractivity contribution in [2.24, 2.45) is 0 Å². The largest absolute Gasteiger partial charge is 0.337 e. The van der Waals surface area contributed by atoms with E-state index in [1.807, 2.05) is 0 Å². The molecule has 2 aliphatic heterocycles. The zero-order chi connectivity index (χ0) is 17.5. The molecule has 3 rings (SSSR count). The maximum atomic E-state index is 12.6. The van der Waals surface area contributed by atoms with E-state index >= 15 is 0 Å². The van der Waals surface area contributed by atoms with Crippen LogP contribution in [0, 0.1) is 0 Å². The third kappa shape index (κ3) is 2.82. The fraction of sp³-hybridized carbons (Fsp3) is 0.438. The van der Waals surface area contributed by atoms with Crippen LogP contribution in [0.5, 0.6) is 0 Å². The minimum Gasteiger partial charge on any atom is -0.337 e. The summed E-state index contributed by atoms with van der Waals surface area (Å²) < 4.78 is 23.2. The SMILES string of the molecule is CCN(C(=O)CN1C(=O)c2ccccc2C1=O)[C@@H]1CCS(=O)(=O)C1.